The van der Waals surface area contributed by atoms with Gasteiger partial charge in [0.1, 0.15) is 0 Å². The molecule has 1 amide bonds. The van der Waals surface area contributed by atoms with Crippen molar-refractivity contribution in [3.8, 4) is 0 Å². The molecule has 0 aromatic heterocycles. The Labute approximate surface area is 137 Å². The minimum absolute atomic E-state index is 0.0804. The third-order valence-corrected chi connectivity index (χ3v) is 4.53. The first kappa shape index (κ1) is 15.9. The van der Waals surface area contributed by atoms with Crippen molar-refractivity contribution in [2.45, 2.75) is 13.0 Å². The van der Waals surface area contributed by atoms with E-state index in [1.807, 2.05) is 31.2 Å². The second-order valence-electron chi connectivity index (χ2n) is 4.85. The standard InChI is InChI=1S/C16H16BrClN2O/c1-10(12-5-3-4-6-14(12)18)20(2)16(21)11-7-8-15(19)13(17)9-11/h3-10H,19H2,1-2H3. The lowest BCUT2D eigenvalue weighted by Gasteiger charge is -2.26. The predicted octanol–water partition coefficient (Wildman–Crippen LogP) is 4.52. The Morgan fingerprint density at radius 1 is 1.29 bits per heavy atom. The van der Waals surface area contributed by atoms with Crippen molar-refractivity contribution >= 4 is 39.1 Å². The first-order valence-corrected chi connectivity index (χ1v) is 7.65. The van der Waals surface area contributed by atoms with Crippen molar-refractivity contribution in [3.63, 3.8) is 0 Å². The van der Waals surface area contributed by atoms with Crippen LogP contribution in [0.3, 0.4) is 0 Å². The molecule has 1 atom stereocenters. The number of nitrogens with two attached hydrogens (primary N) is 1. The lowest BCUT2D eigenvalue weighted by molar-refractivity contribution is 0.0742. The van der Waals surface area contributed by atoms with E-state index in [4.69, 9.17) is 17.3 Å². The van der Waals surface area contributed by atoms with E-state index in [0.717, 1.165) is 5.56 Å². The molecule has 2 aromatic rings. The summed E-state index contributed by atoms with van der Waals surface area (Å²) in [5.74, 6) is -0.0804. The van der Waals surface area contributed by atoms with E-state index < -0.39 is 0 Å². The van der Waals surface area contributed by atoms with Gasteiger partial charge in [-0.1, -0.05) is 29.8 Å². The molecule has 110 valence electrons. The minimum atomic E-state index is -0.123. The fourth-order valence-electron chi connectivity index (χ4n) is 2.06. The third-order valence-electron chi connectivity index (χ3n) is 3.50. The highest BCUT2D eigenvalue weighted by atomic mass is 79.9. The molecule has 0 fully saturated rings. The van der Waals surface area contributed by atoms with Crippen LogP contribution >= 0.6 is 27.5 Å². The van der Waals surface area contributed by atoms with Crippen LogP contribution in [0, 0.1) is 0 Å². The molecule has 0 aliphatic rings. The number of rotatable bonds is 3. The highest BCUT2D eigenvalue weighted by molar-refractivity contribution is 9.10. The first-order valence-electron chi connectivity index (χ1n) is 6.48. The maximum absolute atomic E-state index is 12.6. The molecular formula is C16H16BrClN2O. The van der Waals surface area contributed by atoms with Gasteiger partial charge in [0.2, 0.25) is 0 Å². The van der Waals surface area contributed by atoms with Gasteiger partial charge in [0, 0.05) is 27.8 Å². The van der Waals surface area contributed by atoms with Gasteiger partial charge in [0.15, 0.2) is 0 Å². The predicted molar refractivity (Wildman–Crippen MR) is 90.5 cm³/mol. The number of anilines is 1. The maximum Gasteiger partial charge on any atom is 0.254 e. The lowest BCUT2D eigenvalue weighted by atomic mass is 10.1. The van der Waals surface area contributed by atoms with Gasteiger partial charge in [0.25, 0.3) is 5.91 Å². The van der Waals surface area contributed by atoms with Crippen LogP contribution in [0.2, 0.25) is 5.02 Å². The molecule has 0 radical (unpaired) electrons. The largest absolute Gasteiger partial charge is 0.398 e. The molecule has 0 saturated carbocycles. The van der Waals surface area contributed by atoms with Crippen molar-refractivity contribution in [3.05, 3.63) is 63.1 Å². The SMILES string of the molecule is CC(c1ccccc1Cl)N(C)C(=O)c1ccc(N)c(Br)c1. The summed E-state index contributed by atoms with van der Waals surface area (Å²) in [5.41, 5.74) is 7.85. The Kier molecular flexibility index (Phi) is 4.91. The molecular weight excluding hydrogens is 352 g/mol. The first-order chi connectivity index (χ1) is 9.91. The van der Waals surface area contributed by atoms with Crippen molar-refractivity contribution in [2.75, 3.05) is 12.8 Å². The van der Waals surface area contributed by atoms with E-state index >= 15 is 0 Å². The summed E-state index contributed by atoms with van der Waals surface area (Å²) < 4.78 is 0.715. The van der Waals surface area contributed by atoms with Gasteiger partial charge in [-0.2, -0.15) is 0 Å². The zero-order valence-corrected chi connectivity index (χ0v) is 14.1. The fourth-order valence-corrected chi connectivity index (χ4v) is 2.73. The Hall–Kier alpha value is -1.52. The number of hydrogen-bond acceptors (Lipinski definition) is 2. The lowest BCUT2D eigenvalue weighted by Crippen LogP contribution is -2.29. The molecule has 21 heavy (non-hydrogen) atoms. The molecule has 1 unspecified atom stereocenters. The molecule has 0 aliphatic heterocycles. The van der Waals surface area contributed by atoms with E-state index in [1.165, 1.54) is 0 Å². The third kappa shape index (κ3) is 3.39. The smallest absolute Gasteiger partial charge is 0.254 e. The summed E-state index contributed by atoms with van der Waals surface area (Å²) in [6, 6.07) is 12.6. The van der Waals surface area contributed by atoms with Gasteiger partial charge in [-0.25, -0.2) is 0 Å². The number of nitrogen functional groups attached to an aromatic ring is 1. The van der Waals surface area contributed by atoms with E-state index in [1.54, 1.807) is 30.1 Å². The number of benzene rings is 2. The molecule has 0 saturated heterocycles. The van der Waals surface area contributed by atoms with Crippen molar-refractivity contribution in [2.24, 2.45) is 0 Å². The van der Waals surface area contributed by atoms with Crippen LogP contribution < -0.4 is 5.73 Å². The van der Waals surface area contributed by atoms with Crippen LogP contribution in [0.5, 0.6) is 0 Å². The Balaban J connectivity index is 2.26. The van der Waals surface area contributed by atoms with Crippen LogP contribution in [0.15, 0.2) is 46.9 Å². The topological polar surface area (TPSA) is 46.3 Å². The summed E-state index contributed by atoms with van der Waals surface area (Å²) in [5, 5.41) is 0.656. The number of carbonyl (C=O) groups is 1. The Morgan fingerprint density at radius 2 is 1.95 bits per heavy atom. The molecule has 5 heteroatoms. The van der Waals surface area contributed by atoms with E-state index in [9.17, 15) is 4.79 Å². The molecule has 3 nitrogen and oxygen atoms in total. The summed E-state index contributed by atoms with van der Waals surface area (Å²) >= 11 is 9.54. The molecule has 2 N–H and O–H groups in total. The Morgan fingerprint density at radius 3 is 2.57 bits per heavy atom. The highest BCUT2D eigenvalue weighted by Gasteiger charge is 2.20. The summed E-state index contributed by atoms with van der Waals surface area (Å²) in [7, 11) is 1.76. The Bertz CT molecular complexity index is 675. The normalized spacial score (nSPS) is 12.0. The second-order valence-corrected chi connectivity index (χ2v) is 6.11. The molecule has 2 aromatic carbocycles. The summed E-state index contributed by atoms with van der Waals surface area (Å²) in [4.78, 5) is 14.2. The second kappa shape index (κ2) is 6.50. The number of amides is 1. The summed E-state index contributed by atoms with van der Waals surface area (Å²) in [6.45, 7) is 1.95. The van der Waals surface area contributed by atoms with E-state index in [0.29, 0.717) is 20.7 Å². The van der Waals surface area contributed by atoms with E-state index in [-0.39, 0.29) is 11.9 Å². The van der Waals surface area contributed by atoms with Crippen molar-refractivity contribution in [1.29, 1.82) is 0 Å². The molecule has 0 heterocycles. The van der Waals surface area contributed by atoms with Gasteiger partial charge >= 0.3 is 0 Å². The average Bonchev–Trinajstić information content (AvgIpc) is 2.48. The zero-order valence-electron chi connectivity index (χ0n) is 11.8. The number of hydrogen-bond donors (Lipinski definition) is 1. The minimum Gasteiger partial charge on any atom is -0.398 e. The van der Waals surface area contributed by atoms with Crippen molar-refractivity contribution < 1.29 is 4.79 Å². The molecule has 0 aliphatic carbocycles. The quantitative estimate of drug-likeness (QED) is 0.811. The van der Waals surface area contributed by atoms with Gasteiger partial charge in [0.05, 0.1) is 6.04 Å². The van der Waals surface area contributed by atoms with Crippen LogP contribution in [-0.4, -0.2) is 17.9 Å². The average molecular weight is 368 g/mol. The number of halogens is 2. The number of nitrogens with zero attached hydrogens (tertiary/aromatic N) is 1. The van der Waals surface area contributed by atoms with Crippen LogP contribution in [-0.2, 0) is 0 Å². The van der Waals surface area contributed by atoms with Crippen LogP contribution in [0.1, 0.15) is 28.9 Å². The van der Waals surface area contributed by atoms with Gasteiger partial charge in [-0.15, -0.1) is 0 Å². The molecule has 0 spiro atoms. The summed E-state index contributed by atoms with van der Waals surface area (Å²) in [6.07, 6.45) is 0. The monoisotopic (exact) mass is 366 g/mol. The van der Waals surface area contributed by atoms with Gasteiger partial charge < -0.3 is 10.6 Å². The maximum atomic E-state index is 12.6. The van der Waals surface area contributed by atoms with Gasteiger partial charge in [-0.3, -0.25) is 4.79 Å². The van der Waals surface area contributed by atoms with Crippen LogP contribution in [0.25, 0.3) is 0 Å². The van der Waals surface area contributed by atoms with Crippen molar-refractivity contribution in [1.82, 2.24) is 4.90 Å². The fraction of sp³-hybridized carbons (Fsp3) is 0.188. The number of carbonyl (C=O) groups excluding carboxylic acids is 1. The molecule has 0 bridgehead atoms. The van der Waals surface area contributed by atoms with E-state index in [2.05, 4.69) is 15.9 Å². The highest BCUT2D eigenvalue weighted by Crippen LogP contribution is 2.28. The zero-order chi connectivity index (χ0) is 15.6. The molecule has 2 rings (SSSR count). The van der Waals surface area contributed by atoms with Crippen LogP contribution in [0.4, 0.5) is 5.69 Å². The van der Waals surface area contributed by atoms with Gasteiger partial charge in [-0.05, 0) is 52.7 Å².